The van der Waals surface area contributed by atoms with E-state index in [0.717, 1.165) is 5.52 Å². The molecule has 0 aliphatic carbocycles. The van der Waals surface area contributed by atoms with Crippen molar-refractivity contribution in [2.24, 2.45) is 0 Å². The van der Waals surface area contributed by atoms with Crippen molar-refractivity contribution in [3.8, 4) is 0 Å². The first kappa shape index (κ1) is 9.27. The van der Waals surface area contributed by atoms with Crippen molar-refractivity contribution in [2.75, 3.05) is 0 Å². The van der Waals surface area contributed by atoms with Gasteiger partial charge in [-0.15, -0.1) is 0 Å². The zero-order valence-corrected chi connectivity index (χ0v) is 8.67. The summed E-state index contributed by atoms with van der Waals surface area (Å²) in [4.78, 5) is 18.0. The number of hydrogen-bond acceptors (Lipinski definition) is 2. The second-order valence-electron chi connectivity index (χ2n) is 3.43. The number of aromatic amines is 1. The standard InChI is InChI=1S/C9H10ClN3O/c1-5(2)13-4-11-8-6(13)3-7(10)12-9(8)14/h3-5H,1-2H3,(H,12,14). The first-order valence-corrected chi connectivity index (χ1v) is 4.72. The first-order valence-electron chi connectivity index (χ1n) is 4.35. The Morgan fingerprint density at radius 1 is 1.57 bits per heavy atom. The molecule has 14 heavy (non-hydrogen) atoms. The van der Waals surface area contributed by atoms with Gasteiger partial charge in [0.05, 0.1) is 11.8 Å². The molecule has 0 spiro atoms. The van der Waals surface area contributed by atoms with Gasteiger partial charge in [-0.05, 0) is 19.9 Å². The molecular formula is C9H10ClN3O. The highest BCUT2D eigenvalue weighted by Gasteiger charge is 2.09. The maximum Gasteiger partial charge on any atom is 0.277 e. The van der Waals surface area contributed by atoms with E-state index in [1.165, 1.54) is 0 Å². The van der Waals surface area contributed by atoms with Gasteiger partial charge in [0.1, 0.15) is 5.15 Å². The highest BCUT2D eigenvalue weighted by Crippen LogP contribution is 2.16. The van der Waals surface area contributed by atoms with Crippen LogP contribution in [-0.2, 0) is 0 Å². The van der Waals surface area contributed by atoms with Crippen molar-refractivity contribution in [3.63, 3.8) is 0 Å². The molecule has 0 fully saturated rings. The quantitative estimate of drug-likeness (QED) is 0.734. The Balaban J connectivity index is 2.85. The van der Waals surface area contributed by atoms with Crippen LogP contribution in [0.3, 0.4) is 0 Å². The average Bonchev–Trinajstić information content (AvgIpc) is 2.47. The number of halogens is 1. The van der Waals surface area contributed by atoms with Crippen molar-refractivity contribution >= 4 is 22.6 Å². The monoisotopic (exact) mass is 211 g/mol. The lowest BCUT2D eigenvalue weighted by atomic mass is 10.3. The highest BCUT2D eigenvalue weighted by molar-refractivity contribution is 6.29. The van der Waals surface area contributed by atoms with Gasteiger partial charge < -0.3 is 9.55 Å². The Labute approximate surface area is 85.5 Å². The van der Waals surface area contributed by atoms with Crippen molar-refractivity contribution < 1.29 is 0 Å². The number of aromatic nitrogens is 3. The lowest BCUT2D eigenvalue weighted by Crippen LogP contribution is -2.07. The maximum atomic E-state index is 11.4. The zero-order valence-electron chi connectivity index (χ0n) is 7.91. The Bertz CT molecular complexity index is 526. The summed E-state index contributed by atoms with van der Waals surface area (Å²) in [5, 5.41) is 0.338. The fourth-order valence-corrected chi connectivity index (χ4v) is 1.61. The minimum atomic E-state index is -0.244. The summed E-state index contributed by atoms with van der Waals surface area (Å²) in [5.74, 6) is 0. The molecule has 0 unspecified atom stereocenters. The molecule has 74 valence electrons. The summed E-state index contributed by atoms with van der Waals surface area (Å²) in [6, 6.07) is 1.98. The van der Waals surface area contributed by atoms with Crippen molar-refractivity contribution in [1.29, 1.82) is 0 Å². The smallest absolute Gasteiger partial charge is 0.277 e. The Hall–Kier alpha value is -1.29. The van der Waals surface area contributed by atoms with Gasteiger partial charge in [0, 0.05) is 6.04 Å². The van der Waals surface area contributed by atoms with E-state index in [0.29, 0.717) is 10.7 Å². The topological polar surface area (TPSA) is 50.7 Å². The minimum Gasteiger partial charge on any atom is -0.328 e. The van der Waals surface area contributed by atoms with Crippen LogP contribution < -0.4 is 5.56 Å². The molecule has 1 N–H and O–H groups in total. The molecule has 0 aliphatic rings. The molecule has 0 aliphatic heterocycles. The number of imidazole rings is 1. The molecule has 4 nitrogen and oxygen atoms in total. The second-order valence-corrected chi connectivity index (χ2v) is 3.83. The number of fused-ring (bicyclic) bond motifs is 1. The van der Waals surface area contributed by atoms with E-state index < -0.39 is 0 Å². The van der Waals surface area contributed by atoms with E-state index in [-0.39, 0.29) is 11.6 Å². The Kier molecular flexibility index (Phi) is 2.07. The fourth-order valence-electron chi connectivity index (χ4n) is 1.42. The van der Waals surface area contributed by atoms with Gasteiger partial charge in [-0.2, -0.15) is 0 Å². The molecule has 0 saturated heterocycles. The first-order chi connectivity index (χ1) is 6.59. The fraction of sp³-hybridized carbons (Fsp3) is 0.333. The maximum absolute atomic E-state index is 11.4. The molecule has 2 rings (SSSR count). The number of rotatable bonds is 1. The van der Waals surface area contributed by atoms with Crippen molar-refractivity contribution in [1.82, 2.24) is 14.5 Å². The van der Waals surface area contributed by atoms with Gasteiger partial charge in [0.2, 0.25) is 0 Å². The van der Waals surface area contributed by atoms with Crippen LogP contribution in [0.5, 0.6) is 0 Å². The second kappa shape index (κ2) is 3.13. The summed E-state index contributed by atoms with van der Waals surface area (Å²) in [6.07, 6.45) is 1.65. The van der Waals surface area contributed by atoms with Crippen molar-refractivity contribution in [3.05, 3.63) is 27.9 Å². The molecule has 0 bridgehead atoms. The SMILES string of the molecule is CC(C)n1cnc2c(=O)[nH]c(Cl)cc21. The van der Waals surface area contributed by atoms with Crippen LogP contribution >= 0.6 is 11.6 Å². The number of hydrogen-bond donors (Lipinski definition) is 1. The van der Waals surface area contributed by atoms with Crippen LogP contribution in [0.25, 0.3) is 11.0 Å². The summed E-state index contributed by atoms with van der Waals surface area (Å²) >= 11 is 5.76. The summed E-state index contributed by atoms with van der Waals surface area (Å²) in [6.45, 7) is 4.05. The van der Waals surface area contributed by atoms with E-state index in [9.17, 15) is 4.79 Å². The normalized spacial score (nSPS) is 11.4. The summed E-state index contributed by atoms with van der Waals surface area (Å²) in [7, 11) is 0. The third kappa shape index (κ3) is 1.32. The molecule has 2 aromatic rings. The van der Waals surface area contributed by atoms with Crippen LogP contribution in [0.15, 0.2) is 17.2 Å². The molecule has 2 heterocycles. The number of H-pyrrole nitrogens is 1. The molecule has 5 heteroatoms. The van der Waals surface area contributed by atoms with Crippen LogP contribution in [0.1, 0.15) is 19.9 Å². The van der Waals surface area contributed by atoms with Crippen molar-refractivity contribution in [2.45, 2.75) is 19.9 Å². The van der Waals surface area contributed by atoms with Gasteiger partial charge in [0.25, 0.3) is 5.56 Å². The number of nitrogens with one attached hydrogen (secondary N) is 1. The Morgan fingerprint density at radius 3 is 2.93 bits per heavy atom. The molecule has 2 aromatic heterocycles. The number of pyridine rings is 1. The Morgan fingerprint density at radius 2 is 2.29 bits per heavy atom. The van der Waals surface area contributed by atoms with E-state index in [4.69, 9.17) is 11.6 Å². The highest BCUT2D eigenvalue weighted by atomic mass is 35.5. The van der Waals surface area contributed by atoms with E-state index in [1.54, 1.807) is 12.4 Å². The zero-order chi connectivity index (χ0) is 10.3. The van der Waals surface area contributed by atoms with E-state index >= 15 is 0 Å². The van der Waals surface area contributed by atoms with Gasteiger partial charge in [-0.1, -0.05) is 11.6 Å². The van der Waals surface area contributed by atoms with Crippen LogP contribution in [0, 0.1) is 0 Å². The summed E-state index contributed by atoms with van der Waals surface area (Å²) < 4.78 is 1.91. The summed E-state index contributed by atoms with van der Waals surface area (Å²) in [5.41, 5.74) is 0.962. The molecule has 0 amide bonds. The third-order valence-electron chi connectivity index (χ3n) is 2.10. The number of nitrogens with zero attached hydrogens (tertiary/aromatic N) is 2. The van der Waals surface area contributed by atoms with Crippen LogP contribution in [0.4, 0.5) is 0 Å². The molecule has 0 radical (unpaired) electrons. The average molecular weight is 212 g/mol. The molecule has 0 saturated carbocycles. The van der Waals surface area contributed by atoms with Gasteiger partial charge in [-0.25, -0.2) is 4.98 Å². The van der Waals surface area contributed by atoms with Crippen LogP contribution in [0.2, 0.25) is 5.15 Å². The molecular weight excluding hydrogens is 202 g/mol. The van der Waals surface area contributed by atoms with E-state index in [1.807, 2.05) is 18.4 Å². The predicted octanol–water partition coefficient (Wildman–Crippen LogP) is 1.96. The van der Waals surface area contributed by atoms with Gasteiger partial charge in [0.15, 0.2) is 5.52 Å². The molecule has 0 atom stereocenters. The van der Waals surface area contributed by atoms with Crippen LogP contribution in [-0.4, -0.2) is 14.5 Å². The van der Waals surface area contributed by atoms with E-state index in [2.05, 4.69) is 9.97 Å². The van der Waals surface area contributed by atoms with Gasteiger partial charge >= 0.3 is 0 Å². The third-order valence-corrected chi connectivity index (χ3v) is 2.30. The minimum absolute atomic E-state index is 0.244. The molecule has 0 aromatic carbocycles. The lowest BCUT2D eigenvalue weighted by molar-refractivity contribution is 0.617. The largest absolute Gasteiger partial charge is 0.328 e. The predicted molar refractivity (Wildman–Crippen MR) is 55.7 cm³/mol. The lowest BCUT2D eigenvalue weighted by Gasteiger charge is -2.07. The van der Waals surface area contributed by atoms with Gasteiger partial charge in [-0.3, -0.25) is 4.79 Å².